The molecule has 0 unspecified atom stereocenters. The van der Waals surface area contributed by atoms with Crippen molar-refractivity contribution < 1.29 is 18.0 Å². The van der Waals surface area contributed by atoms with Gasteiger partial charge in [-0.1, -0.05) is 30.3 Å². The van der Waals surface area contributed by atoms with E-state index in [1.165, 1.54) is 29.5 Å². The number of benzene rings is 2. The van der Waals surface area contributed by atoms with Gasteiger partial charge in [-0.25, -0.2) is 0 Å². The van der Waals surface area contributed by atoms with Gasteiger partial charge >= 0.3 is 6.18 Å². The summed E-state index contributed by atoms with van der Waals surface area (Å²) in [5.41, 5.74) is -0.126. The van der Waals surface area contributed by atoms with E-state index in [0.717, 1.165) is 22.2 Å². The van der Waals surface area contributed by atoms with Crippen molar-refractivity contribution >= 4 is 33.3 Å². The number of Topliss-reactive ketones (excluding diaryl/α,β-unsaturated/α-hetero) is 1. The molecular weight excluding hydrogens is 347 g/mol. The summed E-state index contributed by atoms with van der Waals surface area (Å²) < 4.78 is 38.7. The molecule has 1 aromatic heterocycles. The largest absolute Gasteiger partial charge is 0.416 e. The Labute approximate surface area is 145 Å². The number of alkyl halides is 3. The molecule has 25 heavy (non-hydrogen) atoms. The predicted molar refractivity (Wildman–Crippen MR) is 91.2 cm³/mol. The van der Waals surface area contributed by atoms with Crippen LogP contribution in [0.4, 0.5) is 13.2 Å². The summed E-state index contributed by atoms with van der Waals surface area (Å²) in [6.07, 6.45) is -3.12. The quantitative estimate of drug-likeness (QED) is 0.342. The van der Waals surface area contributed by atoms with Gasteiger partial charge < -0.3 is 0 Å². The molecule has 0 N–H and O–H groups in total. The molecule has 0 aliphatic heterocycles. The molecule has 0 radical (unpaired) electrons. The highest BCUT2D eigenvalue weighted by Crippen LogP contribution is 2.30. The summed E-state index contributed by atoms with van der Waals surface area (Å²) in [7, 11) is 0. The molecule has 2 aromatic carbocycles. The standard InChI is InChI=1S/C19H10F3NOS/c20-19(21,22)14-7-5-12(6-8-14)9-13(10-23)18(24)16-11-25-17-4-2-1-3-15(16)17/h1-9,11H. The molecule has 124 valence electrons. The number of carbonyl (C=O) groups is 1. The second-order valence-corrected chi connectivity index (χ2v) is 6.18. The monoisotopic (exact) mass is 357 g/mol. The number of carbonyl (C=O) groups excluding carboxylic acids is 1. The number of rotatable bonds is 3. The van der Waals surface area contributed by atoms with E-state index in [4.69, 9.17) is 0 Å². The van der Waals surface area contributed by atoms with E-state index in [2.05, 4.69) is 0 Å². The highest BCUT2D eigenvalue weighted by molar-refractivity contribution is 7.17. The SMILES string of the molecule is N#CC(=Cc1ccc(C(F)(F)F)cc1)C(=O)c1csc2ccccc12. The third-order valence-electron chi connectivity index (χ3n) is 3.64. The zero-order chi connectivity index (χ0) is 18.0. The predicted octanol–water partition coefficient (Wildman–Crippen LogP) is 5.71. The van der Waals surface area contributed by atoms with Crippen molar-refractivity contribution in [2.75, 3.05) is 0 Å². The van der Waals surface area contributed by atoms with Gasteiger partial charge in [0, 0.05) is 21.0 Å². The summed E-state index contributed by atoms with van der Waals surface area (Å²) >= 11 is 1.40. The van der Waals surface area contributed by atoms with E-state index in [1.807, 2.05) is 18.2 Å². The maximum atomic E-state index is 12.6. The highest BCUT2D eigenvalue weighted by atomic mass is 32.1. The molecule has 0 aliphatic rings. The van der Waals surface area contributed by atoms with E-state index < -0.39 is 17.5 Å². The van der Waals surface area contributed by atoms with Crippen LogP contribution < -0.4 is 0 Å². The first kappa shape index (κ1) is 16.9. The van der Waals surface area contributed by atoms with Crippen LogP contribution in [-0.4, -0.2) is 5.78 Å². The number of thiophene rings is 1. The summed E-state index contributed by atoms with van der Waals surface area (Å²) in [5, 5.41) is 11.7. The molecule has 1 heterocycles. The first-order chi connectivity index (χ1) is 11.9. The maximum absolute atomic E-state index is 12.6. The molecule has 3 rings (SSSR count). The molecule has 0 saturated heterocycles. The molecule has 0 amide bonds. The van der Waals surface area contributed by atoms with Gasteiger partial charge in [0.2, 0.25) is 5.78 Å². The second kappa shape index (κ2) is 6.54. The van der Waals surface area contributed by atoms with Crippen molar-refractivity contribution in [3.8, 4) is 6.07 Å². The van der Waals surface area contributed by atoms with Crippen LogP contribution in [-0.2, 0) is 6.18 Å². The Hall–Kier alpha value is -2.91. The van der Waals surface area contributed by atoms with Crippen LogP contribution in [0.3, 0.4) is 0 Å². The van der Waals surface area contributed by atoms with Gasteiger partial charge in [0.25, 0.3) is 0 Å². The fourth-order valence-electron chi connectivity index (χ4n) is 2.38. The third-order valence-corrected chi connectivity index (χ3v) is 4.60. The van der Waals surface area contributed by atoms with Gasteiger partial charge in [-0.15, -0.1) is 11.3 Å². The number of ketones is 1. The van der Waals surface area contributed by atoms with Crippen LogP contribution in [0.15, 0.2) is 59.5 Å². The Morgan fingerprint density at radius 2 is 1.76 bits per heavy atom. The number of halogens is 3. The minimum Gasteiger partial charge on any atom is -0.288 e. The maximum Gasteiger partial charge on any atom is 0.416 e. The molecule has 0 aliphatic carbocycles. The molecule has 3 aromatic rings. The molecule has 6 heteroatoms. The van der Waals surface area contributed by atoms with Crippen molar-refractivity contribution in [1.29, 1.82) is 5.26 Å². The molecular formula is C19H10F3NOS. The normalized spacial score (nSPS) is 12.2. The number of fused-ring (bicyclic) bond motifs is 1. The number of nitrogens with zero attached hydrogens (tertiary/aromatic N) is 1. The van der Waals surface area contributed by atoms with Crippen molar-refractivity contribution in [1.82, 2.24) is 0 Å². The molecule has 0 bridgehead atoms. The van der Waals surface area contributed by atoms with E-state index in [0.29, 0.717) is 11.1 Å². The smallest absolute Gasteiger partial charge is 0.288 e. The minimum atomic E-state index is -4.42. The van der Waals surface area contributed by atoms with E-state index >= 15 is 0 Å². The third kappa shape index (κ3) is 3.47. The Bertz CT molecular complexity index is 1010. The minimum absolute atomic E-state index is 0.122. The fraction of sp³-hybridized carbons (Fsp3) is 0.0526. The zero-order valence-electron chi connectivity index (χ0n) is 12.7. The van der Waals surface area contributed by atoms with Crippen LogP contribution in [0.5, 0.6) is 0 Å². The van der Waals surface area contributed by atoms with Crippen LogP contribution in [0.1, 0.15) is 21.5 Å². The van der Waals surface area contributed by atoms with E-state index in [-0.39, 0.29) is 5.57 Å². The lowest BCUT2D eigenvalue weighted by Gasteiger charge is -2.06. The van der Waals surface area contributed by atoms with Gasteiger partial charge in [-0.3, -0.25) is 4.79 Å². The summed E-state index contributed by atoms with van der Waals surface area (Å²) in [5.74, 6) is -0.445. The lowest BCUT2D eigenvalue weighted by atomic mass is 10.0. The zero-order valence-corrected chi connectivity index (χ0v) is 13.5. The molecule has 0 saturated carbocycles. The number of hydrogen-bond donors (Lipinski definition) is 0. The second-order valence-electron chi connectivity index (χ2n) is 5.26. The van der Waals surface area contributed by atoms with Crippen LogP contribution in [0.25, 0.3) is 16.2 Å². The first-order valence-electron chi connectivity index (χ1n) is 7.20. The summed E-state index contributed by atoms with van der Waals surface area (Å²) in [4.78, 5) is 12.6. The van der Waals surface area contributed by atoms with Gasteiger partial charge in [0.15, 0.2) is 0 Å². The molecule has 0 fully saturated rings. The Balaban J connectivity index is 1.95. The van der Waals surface area contributed by atoms with Crippen LogP contribution in [0.2, 0.25) is 0 Å². The van der Waals surface area contributed by atoms with Gasteiger partial charge in [-0.05, 0) is 29.8 Å². The topological polar surface area (TPSA) is 40.9 Å². The summed E-state index contributed by atoms with van der Waals surface area (Å²) in [6.45, 7) is 0. The van der Waals surface area contributed by atoms with Crippen LogP contribution >= 0.6 is 11.3 Å². The lowest BCUT2D eigenvalue weighted by molar-refractivity contribution is -0.137. The first-order valence-corrected chi connectivity index (χ1v) is 8.08. The average Bonchev–Trinajstić information content (AvgIpc) is 3.03. The Kier molecular flexibility index (Phi) is 4.43. The highest BCUT2D eigenvalue weighted by Gasteiger charge is 2.29. The van der Waals surface area contributed by atoms with Crippen LogP contribution in [0, 0.1) is 11.3 Å². The van der Waals surface area contributed by atoms with E-state index in [1.54, 1.807) is 17.5 Å². The van der Waals surface area contributed by atoms with Crippen molar-refractivity contribution in [2.24, 2.45) is 0 Å². The van der Waals surface area contributed by atoms with Gasteiger partial charge in [0.1, 0.15) is 11.6 Å². The number of nitriles is 1. The van der Waals surface area contributed by atoms with Crippen molar-refractivity contribution in [3.05, 3.63) is 76.2 Å². The summed E-state index contributed by atoms with van der Waals surface area (Å²) in [6, 6.07) is 13.5. The lowest BCUT2D eigenvalue weighted by Crippen LogP contribution is -2.04. The average molecular weight is 357 g/mol. The van der Waals surface area contributed by atoms with E-state index in [9.17, 15) is 23.2 Å². The molecule has 0 atom stereocenters. The fourth-order valence-corrected chi connectivity index (χ4v) is 3.32. The Morgan fingerprint density at radius 1 is 1.08 bits per heavy atom. The van der Waals surface area contributed by atoms with Gasteiger partial charge in [-0.2, -0.15) is 18.4 Å². The van der Waals surface area contributed by atoms with Crippen molar-refractivity contribution in [2.45, 2.75) is 6.18 Å². The number of allylic oxidation sites excluding steroid dienone is 1. The molecule has 0 spiro atoms. The Morgan fingerprint density at radius 3 is 2.40 bits per heavy atom. The number of hydrogen-bond acceptors (Lipinski definition) is 3. The van der Waals surface area contributed by atoms with Gasteiger partial charge in [0.05, 0.1) is 5.56 Å². The molecule has 2 nitrogen and oxygen atoms in total. The van der Waals surface area contributed by atoms with Crippen molar-refractivity contribution in [3.63, 3.8) is 0 Å².